The number of aromatic nitrogens is 2. The molecular formula is C20H15FN2OS3. The lowest BCUT2D eigenvalue weighted by molar-refractivity contribution is 0.628. The largest absolute Gasteiger partial charge is 0.254 e. The second kappa shape index (κ2) is 8.29. The van der Waals surface area contributed by atoms with E-state index in [2.05, 4.69) is 9.97 Å². The molecule has 0 fully saturated rings. The first kappa shape index (κ1) is 18.3. The second-order valence-electron chi connectivity index (χ2n) is 5.73. The van der Waals surface area contributed by atoms with Gasteiger partial charge in [0.15, 0.2) is 0 Å². The average Bonchev–Trinajstić information content (AvgIpc) is 3.14. The fourth-order valence-electron chi connectivity index (χ4n) is 2.70. The Morgan fingerprint density at radius 1 is 1.04 bits per heavy atom. The molecule has 1 atom stereocenters. The molecule has 2 aromatic heterocycles. The quantitative estimate of drug-likeness (QED) is 0.313. The molecule has 7 heteroatoms. The van der Waals surface area contributed by atoms with E-state index in [-0.39, 0.29) is 5.82 Å². The number of thiophene rings is 1. The van der Waals surface area contributed by atoms with Gasteiger partial charge in [-0.3, -0.25) is 4.21 Å². The Labute approximate surface area is 167 Å². The number of hydrogen-bond donors (Lipinski definition) is 0. The minimum absolute atomic E-state index is 0.257. The van der Waals surface area contributed by atoms with Gasteiger partial charge in [0, 0.05) is 27.3 Å². The maximum absolute atomic E-state index is 13.2. The van der Waals surface area contributed by atoms with Crippen molar-refractivity contribution in [1.82, 2.24) is 9.97 Å². The molecule has 3 nitrogen and oxygen atoms in total. The van der Waals surface area contributed by atoms with Crippen LogP contribution in [0.25, 0.3) is 21.3 Å². The minimum atomic E-state index is -1.03. The number of nitrogens with zero attached hydrogens (tertiary/aromatic N) is 2. The first-order valence-electron chi connectivity index (χ1n) is 8.27. The van der Waals surface area contributed by atoms with Gasteiger partial charge >= 0.3 is 0 Å². The maximum atomic E-state index is 13.2. The van der Waals surface area contributed by atoms with Crippen molar-refractivity contribution in [3.8, 4) is 11.1 Å². The van der Waals surface area contributed by atoms with E-state index in [9.17, 15) is 8.60 Å². The van der Waals surface area contributed by atoms with Crippen LogP contribution in [0.5, 0.6) is 0 Å². The van der Waals surface area contributed by atoms with Crippen LogP contribution in [-0.4, -0.2) is 25.7 Å². The molecule has 0 radical (unpaired) electrons. The highest BCUT2D eigenvalue weighted by molar-refractivity contribution is 8.00. The zero-order valence-corrected chi connectivity index (χ0v) is 16.6. The summed E-state index contributed by atoms with van der Waals surface area (Å²) < 4.78 is 25.6. The molecule has 0 saturated carbocycles. The van der Waals surface area contributed by atoms with E-state index in [4.69, 9.17) is 0 Å². The Balaban J connectivity index is 1.56. The van der Waals surface area contributed by atoms with Crippen LogP contribution >= 0.6 is 23.1 Å². The predicted octanol–water partition coefficient (Wildman–Crippen LogP) is 5.40. The summed E-state index contributed by atoms with van der Waals surface area (Å²) in [6.45, 7) is 0. The van der Waals surface area contributed by atoms with Crippen LogP contribution in [0, 0.1) is 5.82 Å². The topological polar surface area (TPSA) is 42.9 Å². The summed E-state index contributed by atoms with van der Waals surface area (Å²) in [7, 11) is -1.03. The Bertz CT molecular complexity index is 1080. The monoisotopic (exact) mass is 414 g/mol. The van der Waals surface area contributed by atoms with E-state index < -0.39 is 10.8 Å². The summed E-state index contributed by atoms with van der Waals surface area (Å²) in [5.74, 6) is 0.982. The molecule has 27 heavy (non-hydrogen) atoms. The lowest BCUT2D eigenvalue weighted by Crippen LogP contribution is -2.01. The summed E-state index contributed by atoms with van der Waals surface area (Å²) in [4.78, 5) is 10.5. The third-order valence-electron chi connectivity index (χ3n) is 4.00. The average molecular weight is 415 g/mol. The SMILES string of the molecule is O=[S@](CCSc1ncnc2scc(-c3ccc(F)cc3)c12)c1ccccc1. The third kappa shape index (κ3) is 4.10. The van der Waals surface area contributed by atoms with Crippen molar-refractivity contribution >= 4 is 44.1 Å². The highest BCUT2D eigenvalue weighted by Gasteiger charge is 2.14. The number of benzene rings is 2. The Hall–Kier alpha value is -2.09. The van der Waals surface area contributed by atoms with Crippen molar-refractivity contribution in [2.75, 3.05) is 11.5 Å². The molecule has 0 unspecified atom stereocenters. The molecule has 0 saturated heterocycles. The van der Waals surface area contributed by atoms with Crippen LogP contribution in [0.3, 0.4) is 0 Å². The molecule has 0 N–H and O–H groups in total. The number of thioether (sulfide) groups is 1. The van der Waals surface area contributed by atoms with Crippen LogP contribution in [0.4, 0.5) is 4.39 Å². The molecule has 0 aliphatic carbocycles. The number of fused-ring (bicyclic) bond motifs is 1. The molecule has 2 heterocycles. The first-order valence-corrected chi connectivity index (χ1v) is 11.4. The standard InChI is InChI=1S/C20H15FN2OS3/c21-15-8-6-14(7-9-15)17-12-26-20-18(17)19(22-13-23-20)25-10-11-27(24)16-4-2-1-3-5-16/h1-9,12-13H,10-11H2/t27-/m1/s1. The fourth-order valence-corrected chi connectivity index (χ4v) is 5.98. The minimum Gasteiger partial charge on any atom is -0.254 e. The molecule has 0 aliphatic heterocycles. The summed E-state index contributed by atoms with van der Waals surface area (Å²) in [6, 6.07) is 15.9. The summed E-state index contributed by atoms with van der Waals surface area (Å²) >= 11 is 3.12. The van der Waals surface area contributed by atoms with Crippen LogP contribution in [-0.2, 0) is 10.8 Å². The summed E-state index contributed by atoms with van der Waals surface area (Å²) in [6.07, 6.45) is 1.56. The molecule has 4 aromatic rings. The molecular weight excluding hydrogens is 399 g/mol. The van der Waals surface area contributed by atoms with Crippen molar-refractivity contribution < 1.29 is 8.60 Å². The van der Waals surface area contributed by atoms with E-state index in [1.807, 2.05) is 35.7 Å². The van der Waals surface area contributed by atoms with Gasteiger partial charge in [0.25, 0.3) is 0 Å². The molecule has 136 valence electrons. The van der Waals surface area contributed by atoms with Crippen LogP contribution in [0.15, 0.2) is 76.2 Å². The number of halogens is 1. The van der Waals surface area contributed by atoms with Gasteiger partial charge in [0.1, 0.15) is 22.0 Å². The Morgan fingerprint density at radius 3 is 2.59 bits per heavy atom. The molecule has 4 rings (SSSR count). The molecule has 2 aromatic carbocycles. The first-order chi connectivity index (χ1) is 13.2. The smallest absolute Gasteiger partial charge is 0.128 e. The van der Waals surface area contributed by atoms with Crippen LogP contribution in [0.1, 0.15) is 0 Å². The predicted molar refractivity (Wildman–Crippen MR) is 111 cm³/mol. The van der Waals surface area contributed by atoms with Gasteiger partial charge in [-0.05, 0) is 29.8 Å². The van der Waals surface area contributed by atoms with Crippen molar-refractivity contribution in [3.63, 3.8) is 0 Å². The molecule has 0 spiro atoms. The summed E-state index contributed by atoms with van der Waals surface area (Å²) in [5, 5.41) is 3.87. The van der Waals surface area contributed by atoms with Crippen LogP contribution < -0.4 is 0 Å². The van der Waals surface area contributed by atoms with Crippen molar-refractivity contribution in [3.05, 3.63) is 72.1 Å². The number of hydrogen-bond acceptors (Lipinski definition) is 5. The Morgan fingerprint density at radius 2 is 1.81 bits per heavy atom. The van der Waals surface area contributed by atoms with Gasteiger partial charge in [0.2, 0.25) is 0 Å². The lowest BCUT2D eigenvalue weighted by Gasteiger charge is -2.06. The third-order valence-corrected chi connectivity index (χ3v) is 7.51. The highest BCUT2D eigenvalue weighted by atomic mass is 32.2. The van der Waals surface area contributed by atoms with E-state index in [0.717, 1.165) is 31.3 Å². The molecule has 0 bridgehead atoms. The van der Waals surface area contributed by atoms with Gasteiger partial charge < -0.3 is 0 Å². The second-order valence-corrected chi connectivity index (χ2v) is 9.24. The lowest BCUT2D eigenvalue weighted by atomic mass is 10.1. The van der Waals surface area contributed by atoms with Gasteiger partial charge in [0.05, 0.1) is 16.2 Å². The van der Waals surface area contributed by atoms with Crippen molar-refractivity contribution in [1.29, 1.82) is 0 Å². The molecule has 0 aliphatic rings. The zero-order chi connectivity index (χ0) is 18.6. The number of rotatable bonds is 6. The van der Waals surface area contributed by atoms with Gasteiger partial charge in [-0.15, -0.1) is 23.1 Å². The van der Waals surface area contributed by atoms with Crippen LogP contribution in [0.2, 0.25) is 0 Å². The van der Waals surface area contributed by atoms with E-state index in [0.29, 0.717) is 11.5 Å². The van der Waals surface area contributed by atoms with E-state index in [1.54, 1.807) is 41.6 Å². The highest BCUT2D eigenvalue weighted by Crippen LogP contribution is 2.37. The van der Waals surface area contributed by atoms with Gasteiger partial charge in [-0.1, -0.05) is 30.3 Å². The van der Waals surface area contributed by atoms with E-state index in [1.165, 1.54) is 12.1 Å². The fraction of sp³-hybridized carbons (Fsp3) is 0.100. The maximum Gasteiger partial charge on any atom is 0.128 e. The molecule has 0 amide bonds. The van der Waals surface area contributed by atoms with E-state index >= 15 is 0 Å². The summed E-state index contributed by atoms with van der Waals surface area (Å²) in [5.41, 5.74) is 1.94. The van der Waals surface area contributed by atoms with Gasteiger partial charge in [-0.2, -0.15) is 0 Å². The Kier molecular flexibility index (Phi) is 5.61. The van der Waals surface area contributed by atoms with Crippen molar-refractivity contribution in [2.45, 2.75) is 9.92 Å². The normalized spacial score (nSPS) is 12.3. The zero-order valence-electron chi connectivity index (χ0n) is 14.2. The van der Waals surface area contributed by atoms with Gasteiger partial charge in [-0.25, -0.2) is 14.4 Å². The van der Waals surface area contributed by atoms with Crippen molar-refractivity contribution in [2.24, 2.45) is 0 Å².